The van der Waals surface area contributed by atoms with Gasteiger partial charge in [-0.25, -0.2) is 4.98 Å². The molecule has 0 fully saturated rings. The first-order valence-corrected chi connectivity index (χ1v) is 6.11. The summed E-state index contributed by atoms with van der Waals surface area (Å²) < 4.78 is 6.00. The molecule has 0 aliphatic rings. The maximum absolute atomic E-state index is 10.8. The Morgan fingerprint density at radius 2 is 2.00 bits per heavy atom. The molecule has 0 aliphatic heterocycles. The molecule has 19 heavy (non-hydrogen) atoms. The number of halogens is 1. The minimum atomic E-state index is -0.486. The predicted molar refractivity (Wildman–Crippen MR) is 74.3 cm³/mol. The highest BCUT2D eigenvalue weighted by molar-refractivity contribution is 9.10. The third kappa shape index (κ3) is 2.82. The number of nitrogens with two attached hydrogens (primary N) is 1. The lowest BCUT2D eigenvalue weighted by atomic mass is 10.2. The number of nitro groups is 1. The molecule has 0 unspecified atom stereocenters. The van der Waals surface area contributed by atoms with Crippen LogP contribution in [0.1, 0.15) is 5.56 Å². The van der Waals surface area contributed by atoms with E-state index in [2.05, 4.69) is 20.9 Å². The van der Waals surface area contributed by atoms with Crippen molar-refractivity contribution in [3.63, 3.8) is 0 Å². The molecule has 2 rings (SSSR count). The number of hydrogen-bond donors (Lipinski definition) is 1. The van der Waals surface area contributed by atoms with Crippen LogP contribution in [0.2, 0.25) is 0 Å². The normalized spacial score (nSPS) is 10.2. The zero-order valence-electron chi connectivity index (χ0n) is 9.96. The van der Waals surface area contributed by atoms with Crippen LogP contribution >= 0.6 is 15.9 Å². The largest absolute Gasteiger partial charge is 0.438 e. The molecule has 0 saturated heterocycles. The number of rotatable bonds is 3. The molecule has 7 heteroatoms. The van der Waals surface area contributed by atoms with Gasteiger partial charge in [-0.2, -0.15) is 0 Å². The summed E-state index contributed by atoms with van der Waals surface area (Å²) in [7, 11) is 0. The summed E-state index contributed by atoms with van der Waals surface area (Å²) in [6.45, 7) is 1.62. The van der Waals surface area contributed by atoms with Gasteiger partial charge < -0.3 is 10.5 Å². The molecule has 2 N–H and O–H groups in total. The summed E-state index contributed by atoms with van der Waals surface area (Å²) >= 11 is 3.25. The van der Waals surface area contributed by atoms with Crippen molar-refractivity contribution >= 4 is 27.3 Å². The Kier molecular flexibility index (Phi) is 3.66. The van der Waals surface area contributed by atoms with E-state index in [1.54, 1.807) is 31.2 Å². The van der Waals surface area contributed by atoms with Crippen molar-refractivity contribution < 1.29 is 9.66 Å². The van der Waals surface area contributed by atoms with E-state index in [9.17, 15) is 10.1 Å². The van der Waals surface area contributed by atoms with Crippen LogP contribution in [0.15, 0.2) is 34.9 Å². The second kappa shape index (κ2) is 5.23. The van der Waals surface area contributed by atoms with Crippen molar-refractivity contribution in [2.75, 3.05) is 5.73 Å². The maximum atomic E-state index is 10.8. The zero-order valence-corrected chi connectivity index (χ0v) is 11.5. The lowest BCUT2D eigenvalue weighted by Crippen LogP contribution is -1.97. The molecule has 1 aromatic heterocycles. The van der Waals surface area contributed by atoms with E-state index in [1.165, 1.54) is 6.20 Å². The van der Waals surface area contributed by atoms with Gasteiger partial charge in [-0.05, 0) is 47.1 Å². The molecular weight excluding hydrogens is 314 g/mol. The Labute approximate surface area is 117 Å². The Hall–Kier alpha value is -2.15. The Bertz CT molecular complexity index is 629. The summed E-state index contributed by atoms with van der Waals surface area (Å²) in [5.41, 5.74) is 6.60. The molecule has 2 aromatic rings. The molecule has 0 spiro atoms. The molecule has 0 aliphatic carbocycles. The number of hydrogen-bond acceptors (Lipinski definition) is 5. The third-order valence-corrected chi connectivity index (χ3v) is 3.43. The van der Waals surface area contributed by atoms with Gasteiger partial charge in [0.05, 0.1) is 9.40 Å². The number of anilines is 1. The van der Waals surface area contributed by atoms with Crippen LogP contribution in [-0.2, 0) is 0 Å². The van der Waals surface area contributed by atoms with E-state index >= 15 is 0 Å². The second-order valence-electron chi connectivity index (χ2n) is 3.82. The van der Waals surface area contributed by atoms with E-state index in [0.717, 1.165) is 0 Å². The summed E-state index contributed by atoms with van der Waals surface area (Å²) in [4.78, 5) is 14.2. The molecule has 6 nitrogen and oxygen atoms in total. The van der Waals surface area contributed by atoms with Crippen LogP contribution in [0.25, 0.3) is 0 Å². The Balaban J connectivity index is 2.34. The molecular formula is C12H10BrN3O3. The van der Waals surface area contributed by atoms with Gasteiger partial charge in [-0.1, -0.05) is 0 Å². The van der Waals surface area contributed by atoms with Crippen LogP contribution in [0, 0.1) is 17.0 Å². The van der Waals surface area contributed by atoms with Gasteiger partial charge in [0.15, 0.2) is 0 Å². The molecule has 0 amide bonds. The summed E-state index contributed by atoms with van der Waals surface area (Å²) in [5, 5.41) is 10.8. The number of nitrogens with zero attached hydrogens (tertiary/aromatic N) is 2. The van der Waals surface area contributed by atoms with Crippen LogP contribution < -0.4 is 10.5 Å². The minimum Gasteiger partial charge on any atom is -0.438 e. The third-order valence-electron chi connectivity index (χ3n) is 2.50. The quantitative estimate of drug-likeness (QED) is 0.530. The molecule has 1 heterocycles. The monoisotopic (exact) mass is 323 g/mol. The molecule has 0 radical (unpaired) electrons. The van der Waals surface area contributed by atoms with E-state index in [4.69, 9.17) is 10.5 Å². The molecule has 1 aromatic carbocycles. The lowest BCUT2D eigenvalue weighted by molar-refractivity contribution is -0.385. The van der Waals surface area contributed by atoms with Crippen molar-refractivity contribution in [3.05, 3.63) is 50.6 Å². The first kappa shape index (κ1) is 13.3. The lowest BCUT2D eigenvalue weighted by Gasteiger charge is -2.08. The number of ether oxygens (including phenoxy) is 1. The van der Waals surface area contributed by atoms with Gasteiger partial charge in [0.25, 0.3) is 5.69 Å². The first-order chi connectivity index (χ1) is 8.99. The Morgan fingerprint density at radius 3 is 2.58 bits per heavy atom. The van der Waals surface area contributed by atoms with Gasteiger partial charge in [0, 0.05) is 11.3 Å². The van der Waals surface area contributed by atoms with Crippen molar-refractivity contribution in [2.24, 2.45) is 0 Å². The fourth-order valence-corrected chi connectivity index (χ4v) is 1.84. The van der Waals surface area contributed by atoms with Crippen LogP contribution in [0.5, 0.6) is 11.6 Å². The van der Waals surface area contributed by atoms with Crippen molar-refractivity contribution in [1.29, 1.82) is 0 Å². The number of pyridine rings is 1. The standard InChI is InChI=1S/C12H10BrN3O3/c1-7-10(16(17)18)6-15-12(11(7)13)19-9-4-2-8(14)3-5-9/h2-6H,14H2,1H3. The van der Waals surface area contributed by atoms with Crippen LogP contribution in [0.4, 0.5) is 11.4 Å². The summed E-state index contributed by atoms with van der Waals surface area (Å²) in [6, 6.07) is 6.78. The smallest absolute Gasteiger partial charge is 0.291 e. The molecule has 98 valence electrons. The van der Waals surface area contributed by atoms with Gasteiger partial charge in [-0.3, -0.25) is 10.1 Å². The zero-order chi connectivity index (χ0) is 14.0. The van der Waals surface area contributed by atoms with E-state index in [-0.39, 0.29) is 11.6 Å². The number of nitrogen functional groups attached to an aromatic ring is 1. The Morgan fingerprint density at radius 1 is 1.37 bits per heavy atom. The van der Waals surface area contributed by atoms with Crippen molar-refractivity contribution in [1.82, 2.24) is 4.98 Å². The molecule has 0 saturated carbocycles. The van der Waals surface area contributed by atoms with Crippen molar-refractivity contribution in [3.8, 4) is 11.6 Å². The van der Waals surface area contributed by atoms with E-state index < -0.39 is 4.92 Å². The van der Waals surface area contributed by atoms with E-state index in [1.807, 2.05) is 0 Å². The summed E-state index contributed by atoms with van der Waals surface area (Å²) in [6.07, 6.45) is 1.17. The SMILES string of the molecule is Cc1c([N+](=O)[O-])cnc(Oc2ccc(N)cc2)c1Br. The topological polar surface area (TPSA) is 91.3 Å². The fourth-order valence-electron chi connectivity index (χ4n) is 1.45. The molecule has 0 atom stereocenters. The maximum Gasteiger partial charge on any atom is 0.291 e. The average Bonchev–Trinajstić information content (AvgIpc) is 2.37. The minimum absolute atomic E-state index is 0.0588. The predicted octanol–water partition coefficient (Wildman–Crippen LogP) is 3.44. The van der Waals surface area contributed by atoms with Crippen molar-refractivity contribution in [2.45, 2.75) is 6.92 Å². The highest BCUT2D eigenvalue weighted by Crippen LogP contribution is 2.34. The van der Waals surface area contributed by atoms with E-state index in [0.29, 0.717) is 21.5 Å². The highest BCUT2D eigenvalue weighted by Gasteiger charge is 2.18. The van der Waals surface area contributed by atoms with Crippen LogP contribution in [-0.4, -0.2) is 9.91 Å². The molecule has 0 bridgehead atoms. The fraction of sp³-hybridized carbons (Fsp3) is 0.0833. The highest BCUT2D eigenvalue weighted by atomic mass is 79.9. The van der Waals surface area contributed by atoms with Gasteiger partial charge in [-0.15, -0.1) is 0 Å². The second-order valence-corrected chi connectivity index (χ2v) is 4.61. The van der Waals surface area contributed by atoms with Crippen LogP contribution in [0.3, 0.4) is 0 Å². The first-order valence-electron chi connectivity index (χ1n) is 5.32. The number of aromatic nitrogens is 1. The van der Waals surface area contributed by atoms with Gasteiger partial charge in [0.2, 0.25) is 5.88 Å². The van der Waals surface area contributed by atoms with Gasteiger partial charge in [0.1, 0.15) is 11.9 Å². The summed E-state index contributed by atoms with van der Waals surface area (Å²) in [5.74, 6) is 0.823. The average molecular weight is 324 g/mol. The number of benzene rings is 1. The van der Waals surface area contributed by atoms with Gasteiger partial charge >= 0.3 is 0 Å².